The molecule has 1 aliphatic rings. The van der Waals surface area contributed by atoms with Gasteiger partial charge in [0.15, 0.2) is 0 Å². The van der Waals surface area contributed by atoms with Gasteiger partial charge in [0.05, 0.1) is 0 Å². The number of halogens is 1. The number of ether oxygens (including phenoxy) is 1. The number of alkyl halides is 1. The highest BCUT2D eigenvalue weighted by Crippen LogP contribution is 2.13. The zero-order chi connectivity index (χ0) is 12.8. The molecule has 0 unspecified atom stereocenters. The number of hydrogen-bond donors (Lipinski definition) is 0. The van der Waals surface area contributed by atoms with Crippen LogP contribution in [0.15, 0.2) is 42.0 Å². The highest BCUT2D eigenvalue weighted by molar-refractivity contribution is 14.1. The first-order chi connectivity index (χ1) is 8.79. The second kappa shape index (κ2) is 6.78. The highest BCUT2D eigenvalue weighted by Gasteiger charge is 2.18. The number of hydrogen-bond acceptors (Lipinski definition) is 2. The predicted molar refractivity (Wildman–Crippen MR) is 79.8 cm³/mol. The van der Waals surface area contributed by atoms with Gasteiger partial charge in [-0.25, -0.2) is 4.79 Å². The fraction of sp³-hybridized carbons (Fsp3) is 0.357. The van der Waals surface area contributed by atoms with Gasteiger partial charge in [-0.15, -0.1) is 0 Å². The Hall–Kier alpha value is -1.04. The summed E-state index contributed by atoms with van der Waals surface area (Å²) in [6, 6.07) is 9.76. The second-order valence-corrected chi connectivity index (χ2v) is 5.01. The summed E-state index contributed by atoms with van der Waals surface area (Å²) in [7, 11) is 0. The zero-order valence-electron chi connectivity index (χ0n) is 10.1. The van der Waals surface area contributed by atoms with Gasteiger partial charge in [0.2, 0.25) is 0 Å². The van der Waals surface area contributed by atoms with Crippen molar-refractivity contribution in [1.82, 2.24) is 4.90 Å². The van der Waals surface area contributed by atoms with Crippen molar-refractivity contribution in [2.24, 2.45) is 0 Å². The predicted octanol–water partition coefficient (Wildman–Crippen LogP) is 3.39. The maximum absolute atomic E-state index is 11.9. The Morgan fingerprint density at radius 3 is 2.83 bits per heavy atom. The third kappa shape index (κ3) is 3.73. The van der Waals surface area contributed by atoms with Crippen LogP contribution in [-0.2, 0) is 11.3 Å². The molecule has 18 heavy (non-hydrogen) atoms. The van der Waals surface area contributed by atoms with Crippen LogP contribution in [0.4, 0.5) is 4.79 Å². The number of carbonyl (C=O) groups is 1. The van der Waals surface area contributed by atoms with E-state index < -0.39 is 0 Å². The average Bonchev–Trinajstić information content (AvgIpc) is 2.46. The van der Waals surface area contributed by atoms with Crippen LogP contribution in [-0.4, -0.2) is 28.5 Å². The fourth-order valence-corrected chi connectivity index (χ4v) is 2.43. The van der Waals surface area contributed by atoms with Crippen molar-refractivity contribution in [2.45, 2.75) is 13.0 Å². The fourth-order valence-electron chi connectivity index (χ4n) is 1.88. The Morgan fingerprint density at radius 1 is 1.33 bits per heavy atom. The minimum Gasteiger partial charge on any atom is -0.445 e. The van der Waals surface area contributed by atoms with E-state index in [2.05, 4.69) is 28.7 Å². The number of rotatable bonds is 3. The zero-order valence-corrected chi connectivity index (χ0v) is 12.3. The molecule has 1 aromatic rings. The molecular formula is C14H16INO2. The summed E-state index contributed by atoms with van der Waals surface area (Å²) in [5.74, 6) is 0. The van der Waals surface area contributed by atoms with Gasteiger partial charge in [0, 0.05) is 17.5 Å². The average molecular weight is 357 g/mol. The van der Waals surface area contributed by atoms with Crippen LogP contribution in [0.1, 0.15) is 12.0 Å². The van der Waals surface area contributed by atoms with E-state index in [4.69, 9.17) is 4.74 Å². The van der Waals surface area contributed by atoms with Gasteiger partial charge in [-0.3, -0.25) is 0 Å². The van der Waals surface area contributed by atoms with Crippen LogP contribution in [0.25, 0.3) is 0 Å². The first kappa shape index (κ1) is 13.4. The van der Waals surface area contributed by atoms with E-state index in [0.29, 0.717) is 13.2 Å². The summed E-state index contributed by atoms with van der Waals surface area (Å²) < 4.78 is 6.29. The summed E-state index contributed by atoms with van der Waals surface area (Å²) in [5.41, 5.74) is 2.33. The molecule has 0 saturated heterocycles. The molecule has 0 spiro atoms. The topological polar surface area (TPSA) is 29.5 Å². The van der Waals surface area contributed by atoms with Crippen molar-refractivity contribution < 1.29 is 9.53 Å². The van der Waals surface area contributed by atoms with Crippen molar-refractivity contribution in [2.75, 3.05) is 17.5 Å². The van der Waals surface area contributed by atoms with Crippen LogP contribution in [0.3, 0.4) is 0 Å². The Kier molecular flexibility index (Phi) is 5.04. The molecule has 0 atom stereocenters. The molecule has 0 fully saturated rings. The highest BCUT2D eigenvalue weighted by atomic mass is 127. The molecule has 96 valence electrons. The van der Waals surface area contributed by atoms with Crippen molar-refractivity contribution in [3.63, 3.8) is 0 Å². The standard InChI is InChI=1S/C14H16INO2/c15-9-13-7-4-8-16(10-13)14(17)18-11-12-5-2-1-3-6-12/h1-3,5-7H,4,8-11H2. The van der Waals surface area contributed by atoms with Crippen molar-refractivity contribution in [3.05, 3.63) is 47.5 Å². The summed E-state index contributed by atoms with van der Waals surface area (Å²) >= 11 is 2.32. The first-order valence-corrected chi connectivity index (χ1v) is 7.51. The maximum Gasteiger partial charge on any atom is 0.410 e. The van der Waals surface area contributed by atoms with Crippen LogP contribution < -0.4 is 0 Å². The monoisotopic (exact) mass is 357 g/mol. The summed E-state index contributed by atoms with van der Waals surface area (Å²) in [4.78, 5) is 13.7. The molecule has 0 N–H and O–H groups in total. The van der Waals surface area contributed by atoms with E-state index in [1.54, 1.807) is 4.90 Å². The molecule has 3 nitrogen and oxygen atoms in total. The van der Waals surface area contributed by atoms with E-state index in [1.807, 2.05) is 30.3 Å². The molecule has 1 aliphatic heterocycles. The Bertz CT molecular complexity index is 431. The number of nitrogens with zero attached hydrogens (tertiary/aromatic N) is 1. The lowest BCUT2D eigenvalue weighted by Crippen LogP contribution is -2.36. The first-order valence-electron chi connectivity index (χ1n) is 5.99. The van der Waals surface area contributed by atoms with Gasteiger partial charge in [-0.2, -0.15) is 0 Å². The minimum atomic E-state index is -0.214. The third-order valence-electron chi connectivity index (χ3n) is 2.86. The maximum atomic E-state index is 11.9. The molecule has 0 bridgehead atoms. The molecule has 0 saturated carbocycles. The lowest BCUT2D eigenvalue weighted by atomic mass is 10.1. The summed E-state index contributed by atoms with van der Waals surface area (Å²) in [6.45, 7) is 1.81. The van der Waals surface area contributed by atoms with Crippen LogP contribution in [0.2, 0.25) is 0 Å². The quantitative estimate of drug-likeness (QED) is 0.472. The van der Waals surface area contributed by atoms with Gasteiger partial charge < -0.3 is 9.64 Å². The van der Waals surface area contributed by atoms with Crippen molar-refractivity contribution in [3.8, 4) is 0 Å². The van der Waals surface area contributed by atoms with Gasteiger partial charge in [0.1, 0.15) is 6.61 Å². The molecule has 2 rings (SSSR count). The Labute approximate surface area is 121 Å². The molecule has 1 heterocycles. The third-order valence-corrected chi connectivity index (χ3v) is 3.84. The summed E-state index contributed by atoms with van der Waals surface area (Å²) in [5, 5.41) is 0. The smallest absolute Gasteiger partial charge is 0.410 e. The van der Waals surface area contributed by atoms with Gasteiger partial charge in [-0.05, 0) is 17.6 Å². The molecule has 0 aromatic heterocycles. The van der Waals surface area contributed by atoms with Crippen molar-refractivity contribution in [1.29, 1.82) is 0 Å². The largest absolute Gasteiger partial charge is 0.445 e. The number of carbonyl (C=O) groups excluding carboxylic acids is 1. The SMILES string of the molecule is O=C(OCc1ccccc1)N1CCC=C(CI)C1. The lowest BCUT2D eigenvalue weighted by molar-refractivity contribution is 0.0984. The van der Waals surface area contributed by atoms with E-state index in [9.17, 15) is 4.79 Å². The molecule has 0 aliphatic carbocycles. The Morgan fingerprint density at radius 2 is 2.11 bits per heavy atom. The molecule has 0 radical (unpaired) electrons. The lowest BCUT2D eigenvalue weighted by Gasteiger charge is -2.26. The van der Waals surface area contributed by atoms with E-state index in [1.165, 1.54) is 5.57 Å². The van der Waals surface area contributed by atoms with Crippen LogP contribution in [0.5, 0.6) is 0 Å². The minimum absolute atomic E-state index is 0.214. The van der Waals surface area contributed by atoms with Crippen LogP contribution in [0, 0.1) is 0 Å². The van der Waals surface area contributed by atoms with Gasteiger partial charge in [-0.1, -0.05) is 59.0 Å². The molecular weight excluding hydrogens is 341 g/mol. The normalized spacial score (nSPS) is 15.2. The molecule has 4 heteroatoms. The van der Waals surface area contributed by atoms with E-state index in [-0.39, 0.29) is 6.09 Å². The van der Waals surface area contributed by atoms with E-state index in [0.717, 1.165) is 23.0 Å². The second-order valence-electron chi connectivity index (χ2n) is 4.25. The molecule has 1 aromatic carbocycles. The van der Waals surface area contributed by atoms with Gasteiger partial charge in [0.25, 0.3) is 0 Å². The summed E-state index contributed by atoms with van der Waals surface area (Å²) in [6.07, 6.45) is 2.93. The number of benzene rings is 1. The molecule has 1 amide bonds. The van der Waals surface area contributed by atoms with Crippen LogP contribution >= 0.6 is 22.6 Å². The van der Waals surface area contributed by atoms with Gasteiger partial charge >= 0.3 is 6.09 Å². The Balaban J connectivity index is 1.84. The number of amides is 1. The van der Waals surface area contributed by atoms with E-state index >= 15 is 0 Å². The van der Waals surface area contributed by atoms with Crippen molar-refractivity contribution >= 4 is 28.7 Å².